The van der Waals surface area contributed by atoms with Crippen molar-refractivity contribution in [2.45, 2.75) is 64.0 Å². The lowest BCUT2D eigenvalue weighted by Gasteiger charge is -2.42. The molecule has 2 heterocycles. The van der Waals surface area contributed by atoms with Gasteiger partial charge in [-0.2, -0.15) is 5.10 Å². The van der Waals surface area contributed by atoms with Crippen LogP contribution in [-0.4, -0.2) is 33.5 Å². The molecule has 1 aromatic heterocycles. The van der Waals surface area contributed by atoms with Gasteiger partial charge in [-0.15, -0.1) is 0 Å². The van der Waals surface area contributed by atoms with Gasteiger partial charge in [-0.05, 0) is 60.3 Å². The standard InChI is InChI=1S/C26H33N5O3/c1-26(13-14-26)22(17-4-3-5-17)23(30-24(33)20-12-15-27-31(20)2)25(34)28-18-8-6-16(7-9-18)19-10-11-21(32)29-19/h6-9,12,15,17,19,22-23H,3-5,10-11,13-14H2,1-2H3,(H,28,34)(H,29,32)(H,30,33)/t19?,22?,23-/m0/s1. The minimum absolute atomic E-state index is 0.0287. The van der Waals surface area contributed by atoms with Crippen LogP contribution in [0.5, 0.6) is 0 Å². The molecule has 2 aliphatic carbocycles. The normalized spacial score (nSPS) is 22.9. The number of anilines is 1. The highest BCUT2D eigenvalue weighted by molar-refractivity contribution is 6.00. The van der Waals surface area contributed by atoms with Crippen LogP contribution in [-0.2, 0) is 16.6 Å². The summed E-state index contributed by atoms with van der Waals surface area (Å²) in [5, 5.41) is 13.2. The molecule has 0 radical (unpaired) electrons. The molecule has 0 bridgehead atoms. The highest BCUT2D eigenvalue weighted by Crippen LogP contribution is 2.58. The zero-order valence-corrected chi connectivity index (χ0v) is 19.8. The highest BCUT2D eigenvalue weighted by Gasteiger charge is 2.54. The Morgan fingerprint density at radius 3 is 2.41 bits per heavy atom. The van der Waals surface area contributed by atoms with Gasteiger partial charge in [0.15, 0.2) is 0 Å². The Bertz CT molecular complexity index is 1080. The lowest BCUT2D eigenvalue weighted by Crippen LogP contribution is -2.54. The van der Waals surface area contributed by atoms with E-state index >= 15 is 0 Å². The van der Waals surface area contributed by atoms with Crippen LogP contribution in [0.2, 0.25) is 0 Å². The molecule has 3 fully saturated rings. The smallest absolute Gasteiger partial charge is 0.270 e. The molecule has 3 aliphatic rings. The van der Waals surface area contributed by atoms with Gasteiger partial charge in [-0.3, -0.25) is 19.1 Å². The average Bonchev–Trinajstić information content (AvgIpc) is 3.15. The monoisotopic (exact) mass is 463 g/mol. The summed E-state index contributed by atoms with van der Waals surface area (Å²) in [5.41, 5.74) is 2.24. The number of nitrogens with one attached hydrogen (secondary N) is 3. The van der Waals surface area contributed by atoms with Crippen molar-refractivity contribution in [1.82, 2.24) is 20.4 Å². The quantitative estimate of drug-likeness (QED) is 0.558. The van der Waals surface area contributed by atoms with Crippen molar-refractivity contribution >= 4 is 23.4 Å². The zero-order valence-electron chi connectivity index (χ0n) is 19.8. The van der Waals surface area contributed by atoms with Crippen molar-refractivity contribution in [3.8, 4) is 0 Å². The number of hydrogen-bond acceptors (Lipinski definition) is 4. The van der Waals surface area contributed by atoms with Crippen molar-refractivity contribution < 1.29 is 14.4 Å². The molecule has 8 nitrogen and oxygen atoms in total. The van der Waals surface area contributed by atoms with E-state index in [9.17, 15) is 14.4 Å². The van der Waals surface area contributed by atoms with E-state index in [1.165, 1.54) is 11.1 Å². The van der Waals surface area contributed by atoms with Gasteiger partial charge >= 0.3 is 0 Å². The Morgan fingerprint density at radius 1 is 1.15 bits per heavy atom. The summed E-state index contributed by atoms with van der Waals surface area (Å²) in [4.78, 5) is 38.3. The lowest BCUT2D eigenvalue weighted by molar-refractivity contribution is -0.121. The SMILES string of the molecule is Cn1nccc1C(=O)N[C@H](C(=O)Nc1ccc(C2CCC(=O)N2)cc1)C(C1CCC1)C1(C)CC1. The predicted molar refractivity (Wildman–Crippen MR) is 128 cm³/mol. The van der Waals surface area contributed by atoms with E-state index in [1.54, 1.807) is 19.3 Å². The van der Waals surface area contributed by atoms with Crippen LogP contribution in [0.15, 0.2) is 36.5 Å². The molecule has 2 saturated carbocycles. The fourth-order valence-corrected chi connectivity index (χ4v) is 5.59. The highest BCUT2D eigenvalue weighted by atomic mass is 16.2. The molecule has 1 saturated heterocycles. The number of benzene rings is 1. The Balaban J connectivity index is 1.35. The maximum Gasteiger partial charge on any atom is 0.270 e. The summed E-state index contributed by atoms with van der Waals surface area (Å²) in [6.45, 7) is 2.25. The van der Waals surface area contributed by atoms with E-state index in [-0.39, 0.29) is 35.1 Å². The number of aromatic nitrogens is 2. The van der Waals surface area contributed by atoms with E-state index in [2.05, 4.69) is 28.0 Å². The molecule has 3 amide bonds. The maximum atomic E-state index is 13.6. The molecule has 34 heavy (non-hydrogen) atoms. The van der Waals surface area contributed by atoms with Gasteiger partial charge in [-0.1, -0.05) is 38.3 Å². The van der Waals surface area contributed by atoms with E-state index < -0.39 is 6.04 Å². The maximum absolute atomic E-state index is 13.6. The lowest BCUT2D eigenvalue weighted by atomic mass is 9.66. The van der Waals surface area contributed by atoms with Crippen molar-refractivity contribution in [2.75, 3.05) is 5.32 Å². The first kappa shape index (κ1) is 22.6. The third kappa shape index (κ3) is 4.45. The molecule has 3 N–H and O–H groups in total. The van der Waals surface area contributed by atoms with Gasteiger partial charge in [0, 0.05) is 25.4 Å². The summed E-state index contributed by atoms with van der Waals surface area (Å²) >= 11 is 0. The van der Waals surface area contributed by atoms with E-state index in [4.69, 9.17) is 0 Å². The number of nitrogens with zero attached hydrogens (tertiary/aromatic N) is 2. The van der Waals surface area contributed by atoms with Gasteiger partial charge in [-0.25, -0.2) is 0 Å². The Labute approximate surface area is 199 Å². The fraction of sp³-hybridized carbons (Fsp3) is 0.538. The molecule has 5 rings (SSSR count). The second-order valence-electron chi connectivity index (χ2n) is 10.4. The first-order chi connectivity index (χ1) is 16.3. The second-order valence-corrected chi connectivity index (χ2v) is 10.4. The number of rotatable bonds is 8. The van der Waals surface area contributed by atoms with Crippen LogP contribution in [0.4, 0.5) is 5.69 Å². The topological polar surface area (TPSA) is 105 Å². The second kappa shape index (κ2) is 8.89. The minimum atomic E-state index is -0.617. The predicted octanol–water partition coefficient (Wildman–Crippen LogP) is 3.32. The molecule has 3 atom stereocenters. The van der Waals surface area contributed by atoms with Crippen LogP contribution in [0.3, 0.4) is 0 Å². The number of aryl methyl sites for hydroxylation is 1. The summed E-state index contributed by atoms with van der Waals surface area (Å²) in [5.74, 6) is 0.170. The Kier molecular flexibility index (Phi) is 5.91. The number of carbonyl (C=O) groups excluding carboxylic acids is 3. The van der Waals surface area contributed by atoms with Crippen LogP contribution in [0, 0.1) is 17.3 Å². The fourth-order valence-electron chi connectivity index (χ4n) is 5.59. The van der Waals surface area contributed by atoms with Crippen molar-refractivity contribution in [1.29, 1.82) is 0 Å². The largest absolute Gasteiger partial charge is 0.349 e. The number of hydrogen-bond donors (Lipinski definition) is 3. The average molecular weight is 464 g/mol. The molecule has 1 aliphatic heterocycles. The van der Waals surface area contributed by atoms with Crippen LogP contribution in [0.25, 0.3) is 0 Å². The van der Waals surface area contributed by atoms with Gasteiger partial charge < -0.3 is 16.0 Å². The van der Waals surface area contributed by atoms with Gasteiger partial charge in [0.05, 0.1) is 6.04 Å². The van der Waals surface area contributed by atoms with E-state index in [0.717, 1.165) is 37.7 Å². The third-order valence-corrected chi connectivity index (χ3v) is 8.06. The first-order valence-electron chi connectivity index (χ1n) is 12.3. The number of amides is 3. The zero-order chi connectivity index (χ0) is 23.9. The summed E-state index contributed by atoms with van der Waals surface area (Å²) in [7, 11) is 1.73. The Morgan fingerprint density at radius 2 is 1.88 bits per heavy atom. The van der Waals surface area contributed by atoms with Crippen molar-refractivity contribution in [3.63, 3.8) is 0 Å². The molecular weight excluding hydrogens is 430 g/mol. The summed E-state index contributed by atoms with van der Waals surface area (Å²) < 4.78 is 1.53. The van der Waals surface area contributed by atoms with Crippen LogP contribution < -0.4 is 16.0 Å². The molecule has 2 aromatic rings. The summed E-state index contributed by atoms with van der Waals surface area (Å²) in [6.07, 6.45) is 8.48. The molecule has 8 heteroatoms. The minimum Gasteiger partial charge on any atom is -0.349 e. The van der Waals surface area contributed by atoms with Gasteiger partial charge in [0.2, 0.25) is 11.8 Å². The Hall–Kier alpha value is -3.16. The molecular formula is C26H33N5O3. The molecule has 1 aromatic carbocycles. The summed E-state index contributed by atoms with van der Waals surface area (Å²) in [6, 6.07) is 8.71. The van der Waals surface area contributed by atoms with E-state index in [1.807, 2.05) is 24.3 Å². The van der Waals surface area contributed by atoms with Crippen LogP contribution >= 0.6 is 0 Å². The first-order valence-corrected chi connectivity index (χ1v) is 12.3. The molecule has 180 valence electrons. The van der Waals surface area contributed by atoms with Gasteiger partial charge in [0.1, 0.15) is 11.7 Å². The van der Waals surface area contributed by atoms with Crippen molar-refractivity contribution in [3.05, 3.63) is 47.8 Å². The molecule has 0 spiro atoms. The molecule has 2 unspecified atom stereocenters. The van der Waals surface area contributed by atoms with Crippen LogP contribution in [0.1, 0.15) is 74.0 Å². The van der Waals surface area contributed by atoms with E-state index in [0.29, 0.717) is 23.7 Å². The van der Waals surface area contributed by atoms with Crippen molar-refractivity contribution in [2.24, 2.45) is 24.3 Å². The number of carbonyl (C=O) groups is 3. The van der Waals surface area contributed by atoms with Gasteiger partial charge in [0.25, 0.3) is 5.91 Å². The third-order valence-electron chi connectivity index (χ3n) is 8.06.